The highest BCUT2D eigenvalue weighted by molar-refractivity contribution is 7.80. The van der Waals surface area contributed by atoms with Gasteiger partial charge in [0.25, 0.3) is 5.56 Å². The molecular formula is C26H39N5O4S. The lowest BCUT2D eigenvalue weighted by Gasteiger charge is -2.29. The number of H-pyrrole nitrogens is 1. The molecule has 198 valence electrons. The molecule has 0 aliphatic carbocycles. The summed E-state index contributed by atoms with van der Waals surface area (Å²) in [5, 5.41) is 5.04. The maximum atomic E-state index is 13.0. The van der Waals surface area contributed by atoms with E-state index >= 15 is 0 Å². The first-order valence-corrected chi connectivity index (χ1v) is 13.5. The normalized spacial score (nSPS) is 15.9. The highest BCUT2D eigenvalue weighted by atomic mass is 32.1. The number of fused-ring (bicyclic) bond motifs is 2. The first kappa shape index (κ1) is 26.7. The predicted molar refractivity (Wildman–Crippen MR) is 146 cm³/mol. The molecule has 2 aromatic rings. The fourth-order valence-corrected chi connectivity index (χ4v) is 4.86. The summed E-state index contributed by atoms with van der Waals surface area (Å²) in [7, 11) is 0. The molecule has 36 heavy (non-hydrogen) atoms. The van der Waals surface area contributed by atoms with Crippen LogP contribution in [0.25, 0.3) is 10.9 Å². The van der Waals surface area contributed by atoms with Gasteiger partial charge in [0.1, 0.15) is 13.2 Å². The van der Waals surface area contributed by atoms with Crippen LogP contribution in [0.4, 0.5) is 0 Å². The molecule has 2 N–H and O–H groups in total. The van der Waals surface area contributed by atoms with E-state index in [0.717, 1.165) is 82.9 Å². The van der Waals surface area contributed by atoms with Crippen LogP contribution in [0.5, 0.6) is 11.5 Å². The fourth-order valence-electron chi connectivity index (χ4n) is 4.60. The van der Waals surface area contributed by atoms with Crippen molar-refractivity contribution < 1.29 is 14.2 Å². The minimum atomic E-state index is -0.109. The van der Waals surface area contributed by atoms with Crippen molar-refractivity contribution in [2.45, 2.75) is 26.8 Å². The number of aromatic amines is 1. The highest BCUT2D eigenvalue weighted by Crippen LogP contribution is 2.33. The summed E-state index contributed by atoms with van der Waals surface area (Å²) in [5.74, 6) is 1.38. The van der Waals surface area contributed by atoms with Gasteiger partial charge in [0.05, 0.1) is 25.3 Å². The van der Waals surface area contributed by atoms with Gasteiger partial charge < -0.3 is 34.3 Å². The van der Waals surface area contributed by atoms with Crippen molar-refractivity contribution in [1.82, 2.24) is 25.0 Å². The molecule has 0 saturated carbocycles. The van der Waals surface area contributed by atoms with E-state index in [0.29, 0.717) is 41.9 Å². The molecule has 0 spiro atoms. The lowest BCUT2D eigenvalue weighted by molar-refractivity contribution is 0.0376. The summed E-state index contributed by atoms with van der Waals surface area (Å²) >= 11 is 5.80. The van der Waals surface area contributed by atoms with E-state index in [9.17, 15) is 4.79 Å². The van der Waals surface area contributed by atoms with Crippen molar-refractivity contribution in [3.8, 4) is 11.5 Å². The Morgan fingerprint density at radius 1 is 1.06 bits per heavy atom. The topological polar surface area (TPSA) is 82.3 Å². The number of likely N-dealkylation sites (N-methyl/N-ethyl adjacent to an activating group) is 1. The third kappa shape index (κ3) is 7.09. The average Bonchev–Trinajstić information content (AvgIpc) is 2.90. The average molecular weight is 518 g/mol. The van der Waals surface area contributed by atoms with Gasteiger partial charge in [-0.3, -0.25) is 9.69 Å². The molecule has 1 aromatic carbocycles. The van der Waals surface area contributed by atoms with E-state index in [1.807, 2.05) is 18.2 Å². The summed E-state index contributed by atoms with van der Waals surface area (Å²) in [6.07, 6.45) is 1.01. The lowest BCUT2D eigenvalue weighted by Crippen LogP contribution is -2.45. The Labute approximate surface area is 218 Å². The standard InChI is InChI=1S/C26H39N5O4S/c1-3-29(4-2)8-9-31(26(36)27-6-5-7-30-10-12-33-13-11-30)19-21-16-20-17-23-24(35-15-14-34-23)18-22(20)28-25(21)32/h16-18H,3-15,19H2,1-2H3,(H,27,36)(H,28,32). The number of ether oxygens (including phenoxy) is 3. The van der Waals surface area contributed by atoms with Crippen LogP contribution in [0.1, 0.15) is 25.8 Å². The van der Waals surface area contributed by atoms with Gasteiger partial charge in [0.2, 0.25) is 0 Å². The molecule has 2 aliphatic rings. The second-order valence-corrected chi connectivity index (χ2v) is 9.58. The Hall–Kier alpha value is -2.40. The van der Waals surface area contributed by atoms with E-state index in [4.69, 9.17) is 26.4 Å². The zero-order chi connectivity index (χ0) is 25.3. The van der Waals surface area contributed by atoms with Crippen LogP contribution in [0, 0.1) is 0 Å². The number of nitrogens with zero attached hydrogens (tertiary/aromatic N) is 3. The number of pyridine rings is 1. The number of hydrogen-bond donors (Lipinski definition) is 2. The monoisotopic (exact) mass is 517 g/mol. The van der Waals surface area contributed by atoms with Gasteiger partial charge >= 0.3 is 0 Å². The smallest absolute Gasteiger partial charge is 0.253 e. The van der Waals surface area contributed by atoms with Gasteiger partial charge in [0, 0.05) is 49.7 Å². The molecule has 3 heterocycles. The van der Waals surface area contributed by atoms with E-state index < -0.39 is 0 Å². The summed E-state index contributed by atoms with van der Waals surface area (Å²) in [4.78, 5) is 22.9. The highest BCUT2D eigenvalue weighted by Gasteiger charge is 2.17. The number of benzene rings is 1. The second-order valence-electron chi connectivity index (χ2n) is 9.19. The Morgan fingerprint density at radius 3 is 2.50 bits per heavy atom. The summed E-state index contributed by atoms with van der Waals surface area (Å²) in [5.41, 5.74) is 1.31. The molecule has 0 amide bonds. The molecule has 0 unspecified atom stereocenters. The molecule has 1 aromatic heterocycles. The van der Waals surface area contributed by atoms with Crippen LogP contribution in [0.15, 0.2) is 23.0 Å². The molecule has 2 aliphatic heterocycles. The fraction of sp³-hybridized carbons (Fsp3) is 0.615. The molecule has 10 heteroatoms. The van der Waals surface area contributed by atoms with E-state index in [1.165, 1.54) is 0 Å². The first-order valence-electron chi connectivity index (χ1n) is 13.1. The van der Waals surface area contributed by atoms with Gasteiger partial charge in [-0.2, -0.15) is 0 Å². The van der Waals surface area contributed by atoms with E-state index in [2.05, 4.69) is 38.8 Å². The predicted octanol–water partition coefficient (Wildman–Crippen LogP) is 2.04. The Kier molecular flexibility index (Phi) is 9.80. The summed E-state index contributed by atoms with van der Waals surface area (Å²) < 4.78 is 16.8. The van der Waals surface area contributed by atoms with Crippen LogP contribution in [-0.4, -0.2) is 104 Å². The Balaban J connectivity index is 1.44. The van der Waals surface area contributed by atoms with Gasteiger partial charge in [-0.25, -0.2) is 0 Å². The second kappa shape index (κ2) is 13.2. The van der Waals surface area contributed by atoms with Crippen molar-refractivity contribution in [2.24, 2.45) is 0 Å². The van der Waals surface area contributed by atoms with Crippen molar-refractivity contribution in [3.63, 3.8) is 0 Å². The summed E-state index contributed by atoms with van der Waals surface area (Å²) in [6.45, 7) is 14.8. The van der Waals surface area contributed by atoms with Crippen LogP contribution in [-0.2, 0) is 11.3 Å². The maximum Gasteiger partial charge on any atom is 0.253 e. The number of rotatable bonds is 11. The number of thiocarbonyl (C=S) groups is 1. The molecule has 4 rings (SSSR count). The zero-order valence-corrected chi connectivity index (χ0v) is 22.3. The quantitative estimate of drug-likeness (QED) is 0.344. The summed E-state index contributed by atoms with van der Waals surface area (Å²) in [6, 6.07) is 5.72. The third-order valence-electron chi connectivity index (χ3n) is 6.84. The third-order valence-corrected chi connectivity index (χ3v) is 7.25. The largest absolute Gasteiger partial charge is 0.486 e. The molecule has 1 saturated heterocycles. The van der Waals surface area contributed by atoms with Crippen molar-refractivity contribution in [3.05, 3.63) is 34.1 Å². The Bertz CT molecular complexity index is 1070. The number of hydrogen-bond acceptors (Lipinski definition) is 7. The Morgan fingerprint density at radius 2 is 1.78 bits per heavy atom. The minimum Gasteiger partial charge on any atom is -0.486 e. The number of aromatic nitrogens is 1. The molecule has 1 fully saturated rings. The number of morpholine rings is 1. The molecule has 9 nitrogen and oxygen atoms in total. The first-order chi connectivity index (χ1) is 17.6. The van der Waals surface area contributed by atoms with E-state index in [1.54, 1.807) is 0 Å². The van der Waals surface area contributed by atoms with E-state index in [-0.39, 0.29) is 5.56 Å². The van der Waals surface area contributed by atoms with Crippen molar-refractivity contribution in [2.75, 3.05) is 78.8 Å². The molecular weight excluding hydrogens is 478 g/mol. The van der Waals surface area contributed by atoms with Crippen molar-refractivity contribution >= 4 is 28.2 Å². The SMILES string of the molecule is CCN(CC)CCN(Cc1cc2cc3c(cc2[nH]c1=O)OCCO3)C(=S)NCCCN1CCOCC1. The molecule has 0 atom stereocenters. The van der Waals surface area contributed by atoms with Crippen LogP contribution >= 0.6 is 12.2 Å². The zero-order valence-electron chi connectivity index (χ0n) is 21.5. The van der Waals surface area contributed by atoms with Gasteiger partial charge in [0.15, 0.2) is 16.6 Å². The van der Waals surface area contributed by atoms with Gasteiger partial charge in [-0.1, -0.05) is 13.8 Å². The van der Waals surface area contributed by atoms with Crippen LogP contribution < -0.4 is 20.3 Å². The molecule has 0 radical (unpaired) electrons. The maximum absolute atomic E-state index is 13.0. The van der Waals surface area contributed by atoms with Crippen LogP contribution in [0.2, 0.25) is 0 Å². The van der Waals surface area contributed by atoms with Crippen LogP contribution in [0.3, 0.4) is 0 Å². The lowest BCUT2D eigenvalue weighted by atomic mass is 10.1. The van der Waals surface area contributed by atoms with Crippen molar-refractivity contribution in [1.29, 1.82) is 0 Å². The van der Waals surface area contributed by atoms with Gasteiger partial charge in [-0.05, 0) is 50.4 Å². The van der Waals surface area contributed by atoms with Gasteiger partial charge in [-0.15, -0.1) is 0 Å². The molecule has 0 bridgehead atoms. The number of nitrogens with one attached hydrogen (secondary N) is 2. The minimum absolute atomic E-state index is 0.109.